The smallest absolute Gasteiger partial charge is 0.366 e. The number of alkyl halides is 3. The van der Waals surface area contributed by atoms with Gasteiger partial charge in [-0.1, -0.05) is 0 Å². The SMILES string of the molecule is Cl.Cn1cc(C(N)=O)cc1C(=O)NCC(N1CCNCC1)C(F)(F)F. The Morgan fingerprint density at radius 3 is 2.44 bits per heavy atom. The minimum absolute atomic E-state index is 0. The summed E-state index contributed by atoms with van der Waals surface area (Å²) in [6.07, 6.45) is -3.09. The van der Waals surface area contributed by atoms with Crippen molar-refractivity contribution in [1.82, 2.24) is 20.1 Å². The highest BCUT2D eigenvalue weighted by Gasteiger charge is 2.43. The van der Waals surface area contributed by atoms with Crippen LogP contribution in [0.3, 0.4) is 0 Å². The van der Waals surface area contributed by atoms with Gasteiger partial charge in [-0.15, -0.1) is 12.4 Å². The van der Waals surface area contributed by atoms with Crippen molar-refractivity contribution in [2.24, 2.45) is 12.8 Å². The van der Waals surface area contributed by atoms with Crippen molar-refractivity contribution in [1.29, 1.82) is 0 Å². The molecule has 2 heterocycles. The van der Waals surface area contributed by atoms with E-state index >= 15 is 0 Å². The molecule has 0 aromatic carbocycles. The molecule has 1 saturated heterocycles. The van der Waals surface area contributed by atoms with Crippen LogP contribution < -0.4 is 16.4 Å². The molecule has 1 fully saturated rings. The summed E-state index contributed by atoms with van der Waals surface area (Å²) < 4.78 is 41.2. The molecule has 7 nitrogen and oxygen atoms in total. The zero-order valence-corrected chi connectivity index (χ0v) is 14.4. The zero-order chi connectivity index (χ0) is 17.9. The van der Waals surface area contributed by atoms with Gasteiger partial charge in [0.25, 0.3) is 5.91 Å². The number of hydrogen-bond acceptors (Lipinski definition) is 4. The van der Waals surface area contributed by atoms with Crippen LogP contribution >= 0.6 is 12.4 Å². The van der Waals surface area contributed by atoms with Crippen LogP contribution in [0, 0.1) is 0 Å². The molecule has 11 heteroatoms. The van der Waals surface area contributed by atoms with E-state index in [1.54, 1.807) is 0 Å². The molecular formula is C14H21ClF3N5O2. The molecule has 1 unspecified atom stereocenters. The molecule has 142 valence electrons. The highest BCUT2D eigenvalue weighted by Crippen LogP contribution is 2.24. The number of carbonyl (C=O) groups excluding carboxylic acids is 2. The summed E-state index contributed by atoms with van der Waals surface area (Å²) in [6.45, 7) is 0.909. The van der Waals surface area contributed by atoms with Gasteiger partial charge in [0, 0.05) is 46.0 Å². The second-order valence-corrected chi connectivity index (χ2v) is 5.64. The Labute approximate surface area is 149 Å². The van der Waals surface area contributed by atoms with Gasteiger partial charge in [0.1, 0.15) is 11.7 Å². The van der Waals surface area contributed by atoms with E-state index in [0.717, 1.165) is 0 Å². The van der Waals surface area contributed by atoms with Crippen molar-refractivity contribution in [3.8, 4) is 0 Å². The third kappa shape index (κ3) is 5.35. The summed E-state index contributed by atoms with van der Waals surface area (Å²) in [6, 6.07) is -0.495. The molecule has 0 spiro atoms. The van der Waals surface area contributed by atoms with Gasteiger partial charge in [-0.3, -0.25) is 14.5 Å². The highest BCUT2D eigenvalue weighted by molar-refractivity contribution is 5.98. The summed E-state index contributed by atoms with van der Waals surface area (Å²) in [5.41, 5.74) is 5.32. The number of rotatable bonds is 5. The van der Waals surface area contributed by atoms with E-state index in [1.807, 2.05) is 0 Å². The van der Waals surface area contributed by atoms with E-state index in [9.17, 15) is 22.8 Å². The molecule has 25 heavy (non-hydrogen) atoms. The van der Waals surface area contributed by atoms with E-state index in [1.165, 1.54) is 28.8 Å². The van der Waals surface area contributed by atoms with E-state index in [0.29, 0.717) is 13.1 Å². The van der Waals surface area contributed by atoms with E-state index in [4.69, 9.17) is 5.73 Å². The first kappa shape index (κ1) is 21.3. The number of primary amides is 1. The quantitative estimate of drug-likeness (QED) is 0.673. The number of piperazine rings is 1. The predicted molar refractivity (Wildman–Crippen MR) is 87.8 cm³/mol. The number of aryl methyl sites for hydroxylation is 1. The molecule has 2 rings (SSSR count). The lowest BCUT2D eigenvalue weighted by molar-refractivity contribution is -0.183. The fourth-order valence-corrected chi connectivity index (χ4v) is 2.65. The molecule has 1 atom stereocenters. The lowest BCUT2D eigenvalue weighted by atomic mass is 10.2. The molecule has 0 aliphatic carbocycles. The molecule has 1 aliphatic heterocycles. The number of aromatic nitrogens is 1. The maximum Gasteiger partial charge on any atom is 0.405 e. The fraction of sp³-hybridized carbons (Fsp3) is 0.571. The Kier molecular flexibility index (Phi) is 7.27. The molecule has 0 radical (unpaired) electrons. The van der Waals surface area contributed by atoms with Gasteiger partial charge in [0.2, 0.25) is 5.91 Å². The molecule has 4 N–H and O–H groups in total. The van der Waals surface area contributed by atoms with Gasteiger partial charge >= 0.3 is 6.18 Å². The van der Waals surface area contributed by atoms with Crippen LogP contribution in [0.15, 0.2) is 12.3 Å². The second kappa shape index (κ2) is 8.54. The van der Waals surface area contributed by atoms with Crippen molar-refractivity contribution in [3.63, 3.8) is 0 Å². The Morgan fingerprint density at radius 1 is 1.36 bits per heavy atom. The molecule has 1 aliphatic rings. The van der Waals surface area contributed by atoms with Crippen molar-refractivity contribution >= 4 is 24.2 Å². The Bertz CT molecular complexity index is 614. The van der Waals surface area contributed by atoms with Gasteiger partial charge in [-0.25, -0.2) is 0 Å². The number of nitrogens with zero attached hydrogens (tertiary/aromatic N) is 2. The van der Waals surface area contributed by atoms with E-state index < -0.39 is 30.6 Å². The van der Waals surface area contributed by atoms with Crippen LogP contribution in [0.5, 0.6) is 0 Å². The van der Waals surface area contributed by atoms with Crippen molar-refractivity contribution in [3.05, 3.63) is 23.5 Å². The standard InChI is InChI=1S/C14H20F3N5O2.ClH/c1-21-8-9(12(18)23)6-10(21)13(24)20-7-11(14(15,16)17)22-4-2-19-3-5-22;/h6,8,11,19H,2-5,7H2,1H3,(H2,18,23)(H,20,24);1H. The van der Waals surface area contributed by atoms with Gasteiger partial charge < -0.3 is 20.9 Å². The predicted octanol–water partition coefficient (Wildman–Crippen LogP) is 0.112. The molecule has 0 bridgehead atoms. The maximum absolute atomic E-state index is 13.3. The first-order valence-electron chi connectivity index (χ1n) is 7.46. The molecule has 1 aromatic rings. The van der Waals surface area contributed by atoms with Gasteiger partial charge in [0.05, 0.1) is 5.56 Å². The summed E-state index contributed by atoms with van der Waals surface area (Å²) in [5, 5.41) is 5.29. The topological polar surface area (TPSA) is 92.4 Å². The largest absolute Gasteiger partial charge is 0.405 e. The van der Waals surface area contributed by atoms with Crippen LogP contribution in [0.2, 0.25) is 0 Å². The normalized spacial score (nSPS) is 16.8. The average Bonchev–Trinajstić information content (AvgIpc) is 2.89. The number of amides is 2. The van der Waals surface area contributed by atoms with Gasteiger partial charge in [-0.05, 0) is 6.07 Å². The van der Waals surface area contributed by atoms with Crippen molar-refractivity contribution in [2.75, 3.05) is 32.7 Å². The lowest BCUT2D eigenvalue weighted by Gasteiger charge is -2.35. The lowest BCUT2D eigenvalue weighted by Crippen LogP contribution is -2.57. The average molecular weight is 384 g/mol. The van der Waals surface area contributed by atoms with Crippen LogP contribution in [-0.2, 0) is 7.05 Å². The monoisotopic (exact) mass is 383 g/mol. The first-order chi connectivity index (χ1) is 11.2. The van der Waals surface area contributed by atoms with Crippen molar-refractivity contribution < 1.29 is 22.8 Å². The van der Waals surface area contributed by atoms with Crippen LogP contribution in [0.1, 0.15) is 20.8 Å². The van der Waals surface area contributed by atoms with Crippen LogP contribution in [0.25, 0.3) is 0 Å². The Morgan fingerprint density at radius 2 is 1.96 bits per heavy atom. The molecular weight excluding hydrogens is 363 g/mol. The second-order valence-electron chi connectivity index (χ2n) is 5.64. The van der Waals surface area contributed by atoms with E-state index in [-0.39, 0.29) is 36.8 Å². The van der Waals surface area contributed by atoms with Crippen LogP contribution in [0.4, 0.5) is 13.2 Å². The number of halogens is 4. The minimum atomic E-state index is -4.45. The van der Waals surface area contributed by atoms with Crippen LogP contribution in [-0.4, -0.2) is 66.2 Å². The van der Waals surface area contributed by atoms with Gasteiger partial charge in [-0.2, -0.15) is 13.2 Å². The minimum Gasteiger partial charge on any atom is -0.366 e. The fourth-order valence-electron chi connectivity index (χ4n) is 2.65. The summed E-state index contributed by atoms with van der Waals surface area (Å²) in [5.74, 6) is -1.40. The molecule has 2 amide bonds. The number of nitrogens with one attached hydrogen (secondary N) is 2. The Hall–Kier alpha value is -1.78. The van der Waals surface area contributed by atoms with Gasteiger partial charge in [0.15, 0.2) is 0 Å². The third-order valence-corrected chi connectivity index (χ3v) is 3.95. The highest BCUT2D eigenvalue weighted by atomic mass is 35.5. The first-order valence-corrected chi connectivity index (χ1v) is 7.46. The Balaban J connectivity index is 0.00000312. The summed E-state index contributed by atoms with van der Waals surface area (Å²) >= 11 is 0. The van der Waals surface area contributed by atoms with E-state index in [2.05, 4.69) is 10.6 Å². The number of carbonyl (C=O) groups is 2. The number of hydrogen-bond donors (Lipinski definition) is 3. The molecule has 1 aromatic heterocycles. The number of nitrogens with two attached hydrogens (primary N) is 1. The summed E-state index contributed by atoms with van der Waals surface area (Å²) in [7, 11) is 1.51. The third-order valence-electron chi connectivity index (χ3n) is 3.95. The zero-order valence-electron chi connectivity index (χ0n) is 13.6. The maximum atomic E-state index is 13.3. The molecule has 0 saturated carbocycles. The van der Waals surface area contributed by atoms with Crippen molar-refractivity contribution in [2.45, 2.75) is 12.2 Å². The summed E-state index contributed by atoms with van der Waals surface area (Å²) in [4.78, 5) is 24.5.